The molecule has 0 spiro atoms. The van der Waals surface area contributed by atoms with Gasteiger partial charge >= 0.3 is 0 Å². The largest absolute Gasteiger partial charge is 0.349 e. The lowest BCUT2D eigenvalue weighted by Gasteiger charge is -2.09. The third kappa shape index (κ3) is 2.84. The summed E-state index contributed by atoms with van der Waals surface area (Å²) < 4.78 is 0. The Morgan fingerprint density at radius 1 is 1.50 bits per heavy atom. The molecule has 14 heavy (non-hydrogen) atoms. The number of rotatable bonds is 4. The zero-order valence-corrected chi connectivity index (χ0v) is 9.78. The fourth-order valence-corrected chi connectivity index (χ4v) is 1.94. The van der Waals surface area contributed by atoms with Crippen LogP contribution in [0.5, 0.6) is 0 Å². The van der Waals surface area contributed by atoms with Crippen LogP contribution >= 0.6 is 11.3 Å². The average molecular weight is 211 g/mol. The third-order valence-corrected chi connectivity index (χ3v) is 3.45. The van der Waals surface area contributed by atoms with Crippen LogP contribution < -0.4 is 5.32 Å². The molecular weight excluding hydrogens is 194 g/mol. The summed E-state index contributed by atoms with van der Waals surface area (Å²) in [6.45, 7) is 6.19. The molecule has 0 aliphatic rings. The standard InChI is InChI=1S/C11H17NOS/c1-4-8(3)12-11(13)10-7-6-9(5-2)14-10/h6-8H,4-5H2,1-3H3,(H,12,13). The highest BCUT2D eigenvalue weighted by atomic mass is 32.1. The SMILES string of the molecule is CCc1ccc(C(=O)NC(C)CC)s1. The highest BCUT2D eigenvalue weighted by molar-refractivity contribution is 7.14. The van der Waals surface area contributed by atoms with Gasteiger partial charge in [0, 0.05) is 10.9 Å². The molecule has 1 rings (SSSR count). The van der Waals surface area contributed by atoms with Crippen molar-refractivity contribution < 1.29 is 4.79 Å². The molecule has 1 amide bonds. The predicted octanol–water partition coefficient (Wildman–Crippen LogP) is 2.84. The van der Waals surface area contributed by atoms with Crippen molar-refractivity contribution >= 4 is 17.2 Å². The molecule has 78 valence electrons. The Labute approximate surface area is 89.3 Å². The summed E-state index contributed by atoms with van der Waals surface area (Å²) >= 11 is 1.58. The van der Waals surface area contributed by atoms with Crippen LogP contribution in [0.3, 0.4) is 0 Å². The van der Waals surface area contributed by atoms with E-state index in [4.69, 9.17) is 0 Å². The Morgan fingerprint density at radius 2 is 2.21 bits per heavy atom. The molecule has 0 aromatic carbocycles. The Kier molecular flexibility index (Phi) is 4.14. The highest BCUT2D eigenvalue weighted by Gasteiger charge is 2.10. The number of hydrogen-bond acceptors (Lipinski definition) is 2. The number of thiophene rings is 1. The van der Waals surface area contributed by atoms with Gasteiger partial charge in [-0.15, -0.1) is 11.3 Å². The van der Waals surface area contributed by atoms with Crippen molar-refractivity contribution in [2.45, 2.75) is 39.7 Å². The minimum Gasteiger partial charge on any atom is -0.349 e. The quantitative estimate of drug-likeness (QED) is 0.815. The van der Waals surface area contributed by atoms with Gasteiger partial charge in [-0.1, -0.05) is 13.8 Å². The molecule has 1 aromatic heterocycles. The van der Waals surface area contributed by atoms with Gasteiger partial charge in [0.25, 0.3) is 5.91 Å². The lowest BCUT2D eigenvalue weighted by molar-refractivity contribution is 0.0943. The summed E-state index contributed by atoms with van der Waals surface area (Å²) in [6.07, 6.45) is 1.97. The molecule has 0 saturated heterocycles. The van der Waals surface area contributed by atoms with Gasteiger partial charge in [-0.2, -0.15) is 0 Å². The first-order chi connectivity index (χ1) is 6.67. The zero-order chi connectivity index (χ0) is 10.6. The van der Waals surface area contributed by atoms with Crippen LogP contribution in [0.1, 0.15) is 41.7 Å². The van der Waals surface area contributed by atoms with Crippen LogP contribution in [-0.2, 0) is 6.42 Å². The maximum Gasteiger partial charge on any atom is 0.261 e. The topological polar surface area (TPSA) is 29.1 Å². The second kappa shape index (κ2) is 5.15. The summed E-state index contributed by atoms with van der Waals surface area (Å²) in [4.78, 5) is 13.7. The maximum atomic E-state index is 11.6. The monoisotopic (exact) mass is 211 g/mol. The molecule has 1 atom stereocenters. The van der Waals surface area contributed by atoms with E-state index in [0.717, 1.165) is 17.7 Å². The van der Waals surface area contributed by atoms with Crippen LogP contribution in [0, 0.1) is 0 Å². The summed E-state index contributed by atoms with van der Waals surface area (Å²) in [5.41, 5.74) is 0. The summed E-state index contributed by atoms with van der Waals surface area (Å²) in [5, 5.41) is 2.95. The third-order valence-electron chi connectivity index (χ3n) is 2.22. The van der Waals surface area contributed by atoms with Crippen molar-refractivity contribution in [1.29, 1.82) is 0 Å². The molecule has 3 heteroatoms. The Bertz CT molecular complexity index is 306. The van der Waals surface area contributed by atoms with Crippen LogP contribution in [-0.4, -0.2) is 11.9 Å². The number of nitrogens with one attached hydrogen (secondary N) is 1. The molecule has 0 saturated carbocycles. The smallest absolute Gasteiger partial charge is 0.261 e. The number of hydrogen-bond donors (Lipinski definition) is 1. The van der Waals surface area contributed by atoms with E-state index in [1.54, 1.807) is 11.3 Å². The van der Waals surface area contributed by atoms with Gasteiger partial charge in [0.05, 0.1) is 4.88 Å². The molecule has 0 aliphatic heterocycles. The van der Waals surface area contributed by atoms with Crippen molar-refractivity contribution in [2.75, 3.05) is 0 Å². The molecular formula is C11H17NOS. The van der Waals surface area contributed by atoms with E-state index in [1.165, 1.54) is 4.88 Å². The van der Waals surface area contributed by atoms with Gasteiger partial charge in [0.15, 0.2) is 0 Å². The van der Waals surface area contributed by atoms with Crippen LogP contribution in [0.2, 0.25) is 0 Å². The van der Waals surface area contributed by atoms with Crippen LogP contribution in [0.25, 0.3) is 0 Å². The molecule has 0 bridgehead atoms. The average Bonchev–Trinajstić information content (AvgIpc) is 2.65. The van der Waals surface area contributed by atoms with Gasteiger partial charge in [-0.05, 0) is 31.9 Å². The lowest BCUT2D eigenvalue weighted by atomic mass is 10.2. The first-order valence-electron chi connectivity index (χ1n) is 5.07. The molecule has 1 N–H and O–H groups in total. The fraction of sp³-hybridized carbons (Fsp3) is 0.545. The Hall–Kier alpha value is -0.830. The first-order valence-corrected chi connectivity index (χ1v) is 5.88. The molecule has 0 aliphatic carbocycles. The molecule has 0 radical (unpaired) electrons. The minimum atomic E-state index is 0.0593. The van der Waals surface area contributed by atoms with E-state index in [-0.39, 0.29) is 11.9 Å². The van der Waals surface area contributed by atoms with E-state index in [2.05, 4.69) is 19.2 Å². The van der Waals surface area contributed by atoms with Crippen molar-refractivity contribution in [3.05, 3.63) is 21.9 Å². The van der Waals surface area contributed by atoms with Gasteiger partial charge in [0.2, 0.25) is 0 Å². The summed E-state index contributed by atoms with van der Waals surface area (Å²) in [5.74, 6) is 0.0593. The lowest BCUT2D eigenvalue weighted by Crippen LogP contribution is -2.31. The maximum absolute atomic E-state index is 11.6. The van der Waals surface area contributed by atoms with E-state index in [1.807, 2.05) is 19.1 Å². The molecule has 1 unspecified atom stereocenters. The normalized spacial score (nSPS) is 12.5. The highest BCUT2D eigenvalue weighted by Crippen LogP contribution is 2.16. The first kappa shape index (κ1) is 11.2. The van der Waals surface area contributed by atoms with Crippen molar-refractivity contribution in [1.82, 2.24) is 5.32 Å². The summed E-state index contributed by atoms with van der Waals surface area (Å²) in [7, 11) is 0. The van der Waals surface area contributed by atoms with E-state index >= 15 is 0 Å². The van der Waals surface area contributed by atoms with Crippen molar-refractivity contribution in [3.8, 4) is 0 Å². The Morgan fingerprint density at radius 3 is 2.71 bits per heavy atom. The second-order valence-electron chi connectivity index (χ2n) is 3.40. The fourth-order valence-electron chi connectivity index (χ4n) is 1.09. The van der Waals surface area contributed by atoms with Gasteiger partial charge in [-0.25, -0.2) is 0 Å². The van der Waals surface area contributed by atoms with E-state index < -0.39 is 0 Å². The predicted molar refractivity (Wildman–Crippen MR) is 60.9 cm³/mol. The Balaban J connectivity index is 2.60. The number of carbonyl (C=O) groups is 1. The number of aryl methyl sites for hydroxylation is 1. The molecule has 1 aromatic rings. The molecule has 0 fully saturated rings. The second-order valence-corrected chi connectivity index (χ2v) is 4.57. The van der Waals surface area contributed by atoms with Crippen LogP contribution in [0.15, 0.2) is 12.1 Å². The van der Waals surface area contributed by atoms with Crippen molar-refractivity contribution in [3.63, 3.8) is 0 Å². The minimum absolute atomic E-state index is 0.0593. The van der Waals surface area contributed by atoms with E-state index in [0.29, 0.717) is 0 Å². The van der Waals surface area contributed by atoms with E-state index in [9.17, 15) is 4.79 Å². The van der Waals surface area contributed by atoms with Crippen molar-refractivity contribution in [2.24, 2.45) is 0 Å². The van der Waals surface area contributed by atoms with Gasteiger partial charge in [0.1, 0.15) is 0 Å². The van der Waals surface area contributed by atoms with Crippen LogP contribution in [0.4, 0.5) is 0 Å². The summed E-state index contributed by atoms with van der Waals surface area (Å²) in [6, 6.07) is 4.19. The zero-order valence-electron chi connectivity index (χ0n) is 8.96. The number of amides is 1. The number of carbonyl (C=O) groups excluding carboxylic acids is 1. The molecule has 1 heterocycles. The van der Waals surface area contributed by atoms with Gasteiger partial charge < -0.3 is 5.32 Å². The van der Waals surface area contributed by atoms with Gasteiger partial charge in [-0.3, -0.25) is 4.79 Å². The molecule has 2 nitrogen and oxygen atoms in total.